The van der Waals surface area contributed by atoms with Gasteiger partial charge in [-0.3, -0.25) is 9.59 Å². The zero-order chi connectivity index (χ0) is 24.5. The van der Waals surface area contributed by atoms with Crippen LogP contribution in [0.4, 0.5) is 0 Å². The van der Waals surface area contributed by atoms with Crippen LogP contribution in [0.1, 0.15) is 47.7 Å². The minimum atomic E-state index is -0.648. The van der Waals surface area contributed by atoms with Gasteiger partial charge in [-0.05, 0) is 60.2 Å². The fraction of sp³-hybridized carbons (Fsp3) is 0.267. The molecular formula is C30H29NO4. The van der Waals surface area contributed by atoms with Gasteiger partial charge in [-0.15, -0.1) is 0 Å². The molecule has 3 aromatic carbocycles. The Labute approximate surface area is 205 Å². The summed E-state index contributed by atoms with van der Waals surface area (Å²) < 4.78 is 5.78. The van der Waals surface area contributed by atoms with Gasteiger partial charge < -0.3 is 14.7 Å². The molecule has 0 saturated carbocycles. The van der Waals surface area contributed by atoms with Gasteiger partial charge in [0.1, 0.15) is 17.6 Å². The molecule has 0 bridgehead atoms. The monoisotopic (exact) mass is 467 g/mol. The second-order valence-electron chi connectivity index (χ2n) is 9.28. The molecule has 0 aromatic heterocycles. The van der Waals surface area contributed by atoms with Crippen molar-refractivity contribution >= 4 is 17.4 Å². The molecule has 1 saturated heterocycles. The van der Waals surface area contributed by atoms with E-state index in [4.69, 9.17) is 4.74 Å². The standard InChI is InChI=1S/C30H29NO4/c1-3-20-9-11-22(12-10-20)27-26(28(32)23-13-14-25-24(18-23)17-19(2)35-25)29(33)30(34)31(27)16-15-21-7-5-4-6-8-21/h4-14,18-19,27,32H,3,15-17H2,1-2H3/b28-26+/t19-,27+/m1/s1. The molecule has 0 radical (unpaired) electrons. The van der Waals surface area contributed by atoms with Crippen LogP contribution < -0.4 is 4.74 Å². The van der Waals surface area contributed by atoms with Crippen molar-refractivity contribution in [3.05, 3.63) is 106 Å². The Morgan fingerprint density at radius 2 is 1.74 bits per heavy atom. The molecule has 5 heteroatoms. The number of rotatable bonds is 6. The molecule has 3 aromatic rings. The summed E-state index contributed by atoms with van der Waals surface area (Å²) in [4.78, 5) is 28.1. The highest BCUT2D eigenvalue weighted by atomic mass is 16.5. The number of amides is 1. The predicted octanol–water partition coefficient (Wildman–Crippen LogP) is 5.24. The van der Waals surface area contributed by atoms with Crippen molar-refractivity contribution in [3.8, 4) is 5.75 Å². The first-order valence-electron chi connectivity index (χ1n) is 12.2. The molecule has 2 atom stereocenters. The number of fused-ring (bicyclic) bond motifs is 1. The quantitative estimate of drug-likeness (QED) is 0.306. The van der Waals surface area contributed by atoms with E-state index >= 15 is 0 Å². The van der Waals surface area contributed by atoms with Gasteiger partial charge in [-0.25, -0.2) is 0 Å². The first kappa shape index (κ1) is 22.9. The van der Waals surface area contributed by atoms with E-state index in [1.807, 2.05) is 73.7 Å². The third kappa shape index (κ3) is 4.34. The molecule has 5 rings (SSSR count). The summed E-state index contributed by atoms with van der Waals surface area (Å²) in [5, 5.41) is 11.4. The Morgan fingerprint density at radius 3 is 2.46 bits per heavy atom. The normalized spacial score (nSPS) is 20.7. The SMILES string of the molecule is CCc1ccc([C@H]2/C(=C(\O)c3ccc4c(c3)C[C@@H](C)O4)C(=O)C(=O)N2CCc2ccccc2)cc1. The lowest BCUT2D eigenvalue weighted by atomic mass is 9.93. The van der Waals surface area contributed by atoms with E-state index < -0.39 is 17.7 Å². The first-order valence-corrected chi connectivity index (χ1v) is 12.2. The number of carbonyl (C=O) groups excluding carboxylic acids is 2. The number of benzene rings is 3. The number of hydrogen-bond acceptors (Lipinski definition) is 4. The van der Waals surface area contributed by atoms with Crippen molar-refractivity contribution in [2.75, 3.05) is 6.54 Å². The van der Waals surface area contributed by atoms with E-state index in [1.54, 1.807) is 11.0 Å². The third-order valence-electron chi connectivity index (χ3n) is 6.90. The number of nitrogens with zero attached hydrogens (tertiary/aromatic N) is 1. The highest BCUT2D eigenvalue weighted by Crippen LogP contribution is 2.40. The summed E-state index contributed by atoms with van der Waals surface area (Å²) in [5.41, 5.74) is 4.72. The zero-order valence-electron chi connectivity index (χ0n) is 20.0. The average Bonchev–Trinajstić information content (AvgIpc) is 3.38. The van der Waals surface area contributed by atoms with Gasteiger partial charge in [-0.2, -0.15) is 0 Å². The van der Waals surface area contributed by atoms with Crippen molar-refractivity contribution < 1.29 is 19.4 Å². The predicted molar refractivity (Wildman–Crippen MR) is 135 cm³/mol. The molecule has 0 unspecified atom stereocenters. The molecule has 0 aliphatic carbocycles. The highest BCUT2D eigenvalue weighted by molar-refractivity contribution is 6.46. The van der Waals surface area contributed by atoms with E-state index in [0.717, 1.165) is 35.3 Å². The van der Waals surface area contributed by atoms with Crippen LogP contribution in [0.5, 0.6) is 5.75 Å². The van der Waals surface area contributed by atoms with Crippen LogP contribution in [-0.4, -0.2) is 34.3 Å². The van der Waals surface area contributed by atoms with Crippen LogP contribution in [0.15, 0.2) is 78.4 Å². The fourth-order valence-corrected chi connectivity index (χ4v) is 5.01. The number of aliphatic hydroxyl groups is 1. The summed E-state index contributed by atoms with van der Waals surface area (Å²) in [6, 6.07) is 22.6. The van der Waals surface area contributed by atoms with Crippen LogP contribution in [0, 0.1) is 0 Å². The molecule has 2 heterocycles. The van der Waals surface area contributed by atoms with Gasteiger partial charge in [0, 0.05) is 18.5 Å². The van der Waals surface area contributed by atoms with E-state index in [2.05, 4.69) is 6.92 Å². The van der Waals surface area contributed by atoms with Crippen LogP contribution in [0.2, 0.25) is 0 Å². The lowest BCUT2D eigenvalue weighted by Gasteiger charge is -2.25. The molecule has 2 aliphatic rings. The highest BCUT2D eigenvalue weighted by Gasteiger charge is 2.45. The van der Waals surface area contributed by atoms with Gasteiger partial charge >= 0.3 is 0 Å². The van der Waals surface area contributed by atoms with Crippen molar-refractivity contribution in [1.29, 1.82) is 0 Å². The smallest absolute Gasteiger partial charge is 0.295 e. The Morgan fingerprint density at radius 1 is 1.00 bits per heavy atom. The lowest BCUT2D eigenvalue weighted by Crippen LogP contribution is -2.31. The molecule has 2 aliphatic heterocycles. The maximum absolute atomic E-state index is 13.3. The van der Waals surface area contributed by atoms with Crippen LogP contribution in [0.3, 0.4) is 0 Å². The van der Waals surface area contributed by atoms with E-state index in [1.165, 1.54) is 5.56 Å². The summed E-state index contributed by atoms with van der Waals surface area (Å²) in [6.07, 6.45) is 2.32. The van der Waals surface area contributed by atoms with Gasteiger partial charge in [0.2, 0.25) is 0 Å². The molecule has 1 N–H and O–H groups in total. The number of likely N-dealkylation sites (tertiary alicyclic amines) is 1. The molecule has 0 spiro atoms. The first-order chi connectivity index (χ1) is 17.0. The largest absolute Gasteiger partial charge is 0.507 e. The van der Waals surface area contributed by atoms with Gasteiger partial charge in [0.15, 0.2) is 0 Å². The molecule has 35 heavy (non-hydrogen) atoms. The number of aryl methyl sites for hydroxylation is 1. The van der Waals surface area contributed by atoms with Crippen molar-refractivity contribution in [3.63, 3.8) is 0 Å². The van der Waals surface area contributed by atoms with Crippen LogP contribution in [-0.2, 0) is 28.9 Å². The minimum Gasteiger partial charge on any atom is -0.507 e. The molecule has 178 valence electrons. The summed E-state index contributed by atoms with van der Waals surface area (Å²) in [7, 11) is 0. The van der Waals surface area contributed by atoms with Crippen molar-refractivity contribution in [1.82, 2.24) is 4.90 Å². The zero-order valence-corrected chi connectivity index (χ0v) is 20.0. The molecule has 1 amide bonds. The average molecular weight is 468 g/mol. The van der Waals surface area contributed by atoms with E-state index in [9.17, 15) is 14.7 Å². The maximum Gasteiger partial charge on any atom is 0.295 e. The Hall–Kier alpha value is -3.86. The summed E-state index contributed by atoms with van der Waals surface area (Å²) >= 11 is 0. The van der Waals surface area contributed by atoms with E-state index in [-0.39, 0.29) is 17.4 Å². The number of ketones is 1. The van der Waals surface area contributed by atoms with Crippen molar-refractivity contribution in [2.45, 2.75) is 45.3 Å². The number of aliphatic hydroxyl groups excluding tert-OH is 1. The van der Waals surface area contributed by atoms with E-state index in [0.29, 0.717) is 18.5 Å². The molecule has 1 fully saturated rings. The Bertz CT molecular complexity index is 1290. The lowest BCUT2D eigenvalue weighted by molar-refractivity contribution is -0.139. The van der Waals surface area contributed by atoms with Crippen LogP contribution in [0.25, 0.3) is 5.76 Å². The topological polar surface area (TPSA) is 66.8 Å². The maximum atomic E-state index is 13.3. The fourth-order valence-electron chi connectivity index (χ4n) is 5.01. The van der Waals surface area contributed by atoms with Gasteiger partial charge in [0.25, 0.3) is 11.7 Å². The number of Topliss-reactive ketones (excluding diaryl/α,β-unsaturated/α-hetero) is 1. The number of ether oxygens (including phenoxy) is 1. The van der Waals surface area contributed by atoms with Gasteiger partial charge in [0.05, 0.1) is 11.6 Å². The second-order valence-corrected chi connectivity index (χ2v) is 9.28. The molecular weight excluding hydrogens is 438 g/mol. The second kappa shape index (κ2) is 9.41. The Balaban J connectivity index is 1.57. The number of hydrogen-bond donors (Lipinski definition) is 1. The van der Waals surface area contributed by atoms with Gasteiger partial charge in [-0.1, -0.05) is 61.5 Å². The summed E-state index contributed by atoms with van der Waals surface area (Å²) in [5.74, 6) is -0.572. The molecule has 5 nitrogen and oxygen atoms in total. The van der Waals surface area contributed by atoms with Crippen molar-refractivity contribution in [2.24, 2.45) is 0 Å². The Kier molecular flexibility index (Phi) is 6.16. The minimum absolute atomic E-state index is 0.0723. The van der Waals surface area contributed by atoms with Crippen LogP contribution >= 0.6 is 0 Å². The third-order valence-corrected chi connectivity index (χ3v) is 6.90. The summed E-state index contributed by atoms with van der Waals surface area (Å²) in [6.45, 7) is 4.46. The number of carbonyl (C=O) groups is 2.